The molecule has 29 heavy (non-hydrogen) atoms. The zero-order valence-corrected chi connectivity index (χ0v) is 17.0. The van der Waals surface area contributed by atoms with E-state index in [1.165, 1.54) is 14.2 Å². The predicted molar refractivity (Wildman–Crippen MR) is 104 cm³/mol. The Bertz CT molecular complexity index is 885. The lowest BCUT2D eigenvalue weighted by Crippen LogP contribution is -2.20. The number of esters is 2. The molecule has 0 aliphatic rings. The second-order valence-electron chi connectivity index (χ2n) is 6.29. The molecule has 2 rings (SSSR count). The van der Waals surface area contributed by atoms with Crippen LogP contribution in [0.2, 0.25) is 0 Å². The molecule has 2 aromatic rings. The summed E-state index contributed by atoms with van der Waals surface area (Å²) in [5, 5.41) is 0. The number of carbonyl (C=O) groups excluding carboxylic acids is 3. The highest BCUT2D eigenvalue weighted by molar-refractivity contribution is 5.99. The van der Waals surface area contributed by atoms with Crippen LogP contribution in [-0.4, -0.2) is 49.7 Å². The third-order valence-corrected chi connectivity index (χ3v) is 4.42. The SMILES string of the molecule is COC(=O)CCn1c(C)cc(C(=O)COC(=O)COc2ccccc2OC)c1C. The highest BCUT2D eigenvalue weighted by Crippen LogP contribution is 2.25. The zero-order valence-electron chi connectivity index (χ0n) is 17.0. The van der Waals surface area contributed by atoms with E-state index in [2.05, 4.69) is 4.74 Å². The highest BCUT2D eigenvalue weighted by Gasteiger charge is 2.18. The Balaban J connectivity index is 1.90. The summed E-state index contributed by atoms with van der Waals surface area (Å²) in [6.07, 6.45) is 0.204. The van der Waals surface area contributed by atoms with E-state index in [4.69, 9.17) is 14.2 Å². The molecule has 8 nitrogen and oxygen atoms in total. The molecule has 1 heterocycles. The quantitative estimate of drug-likeness (QED) is 0.444. The number of aromatic nitrogens is 1. The van der Waals surface area contributed by atoms with E-state index in [9.17, 15) is 14.4 Å². The smallest absolute Gasteiger partial charge is 0.344 e. The minimum absolute atomic E-state index is 0.204. The van der Waals surface area contributed by atoms with Crippen molar-refractivity contribution in [3.05, 3.63) is 47.3 Å². The first kappa shape index (κ1) is 22.0. The third-order valence-electron chi connectivity index (χ3n) is 4.42. The number of carbonyl (C=O) groups is 3. The van der Waals surface area contributed by atoms with Crippen LogP contribution in [0.3, 0.4) is 0 Å². The fourth-order valence-electron chi connectivity index (χ4n) is 2.87. The van der Waals surface area contributed by atoms with Gasteiger partial charge in [0.05, 0.1) is 20.6 Å². The van der Waals surface area contributed by atoms with Crippen LogP contribution in [0, 0.1) is 13.8 Å². The molecule has 0 atom stereocenters. The summed E-state index contributed by atoms with van der Waals surface area (Å²) in [5.74, 6) is -0.408. The minimum Gasteiger partial charge on any atom is -0.493 e. The molecule has 0 aliphatic heterocycles. The summed E-state index contributed by atoms with van der Waals surface area (Å²) in [7, 11) is 2.83. The van der Waals surface area contributed by atoms with E-state index in [1.54, 1.807) is 37.3 Å². The molecule has 0 spiro atoms. The molecule has 0 radical (unpaired) electrons. The number of benzene rings is 1. The number of hydrogen-bond acceptors (Lipinski definition) is 7. The number of Topliss-reactive ketones (excluding diaryl/α,β-unsaturated/α-hetero) is 1. The molecule has 0 bridgehead atoms. The van der Waals surface area contributed by atoms with Crippen molar-refractivity contribution in [2.24, 2.45) is 0 Å². The van der Waals surface area contributed by atoms with Gasteiger partial charge >= 0.3 is 11.9 Å². The topological polar surface area (TPSA) is 93.1 Å². The average molecular weight is 403 g/mol. The Labute approximate surface area is 169 Å². The van der Waals surface area contributed by atoms with Gasteiger partial charge in [0.2, 0.25) is 5.78 Å². The fraction of sp³-hybridized carbons (Fsp3) is 0.381. The number of rotatable bonds is 10. The summed E-state index contributed by atoms with van der Waals surface area (Å²) in [6.45, 7) is 3.30. The van der Waals surface area contributed by atoms with Gasteiger partial charge < -0.3 is 23.5 Å². The molecule has 0 aliphatic carbocycles. The number of nitrogens with zero attached hydrogens (tertiary/aromatic N) is 1. The van der Waals surface area contributed by atoms with Gasteiger partial charge in [0, 0.05) is 23.5 Å². The molecular weight excluding hydrogens is 378 g/mol. The van der Waals surface area contributed by atoms with E-state index in [0.29, 0.717) is 29.3 Å². The average Bonchev–Trinajstić information content (AvgIpc) is 3.02. The molecule has 1 aromatic heterocycles. The van der Waals surface area contributed by atoms with Gasteiger partial charge in [-0.25, -0.2) is 4.79 Å². The summed E-state index contributed by atoms with van der Waals surface area (Å²) < 4.78 is 22.1. The largest absolute Gasteiger partial charge is 0.493 e. The van der Waals surface area contributed by atoms with Gasteiger partial charge in [-0.2, -0.15) is 0 Å². The minimum atomic E-state index is -0.663. The van der Waals surface area contributed by atoms with E-state index in [-0.39, 0.29) is 24.8 Å². The van der Waals surface area contributed by atoms with Gasteiger partial charge in [-0.05, 0) is 32.0 Å². The molecule has 0 N–H and O–H groups in total. The lowest BCUT2D eigenvalue weighted by atomic mass is 10.1. The zero-order chi connectivity index (χ0) is 21.4. The summed E-state index contributed by atoms with van der Waals surface area (Å²) in [5.41, 5.74) is 1.99. The second-order valence-corrected chi connectivity index (χ2v) is 6.29. The Kier molecular flexibility index (Phi) is 7.82. The number of ketones is 1. The van der Waals surface area contributed by atoms with Gasteiger partial charge in [0.1, 0.15) is 0 Å². The van der Waals surface area contributed by atoms with Crippen LogP contribution in [0.4, 0.5) is 0 Å². The molecule has 0 fully saturated rings. The number of para-hydroxylation sites is 2. The Morgan fingerprint density at radius 1 is 0.966 bits per heavy atom. The van der Waals surface area contributed by atoms with Crippen LogP contribution in [0.15, 0.2) is 30.3 Å². The standard InChI is InChI=1S/C21H25NO7/c1-14-11-16(15(2)22(14)10-9-20(24)27-4)17(23)12-29-21(25)13-28-19-8-6-5-7-18(19)26-3/h5-8,11H,9-10,12-13H2,1-4H3. The van der Waals surface area contributed by atoms with Crippen LogP contribution >= 0.6 is 0 Å². The predicted octanol–water partition coefficient (Wildman–Crippen LogP) is 2.48. The first-order valence-electron chi connectivity index (χ1n) is 9.05. The van der Waals surface area contributed by atoms with Crippen molar-refractivity contribution in [1.29, 1.82) is 0 Å². The van der Waals surface area contributed by atoms with Crippen molar-refractivity contribution in [2.75, 3.05) is 27.4 Å². The Morgan fingerprint density at radius 3 is 2.31 bits per heavy atom. The molecule has 1 aromatic carbocycles. The van der Waals surface area contributed by atoms with Crippen LogP contribution in [-0.2, 0) is 25.6 Å². The van der Waals surface area contributed by atoms with Crippen molar-refractivity contribution in [2.45, 2.75) is 26.8 Å². The van der Waals surface area contributed by atoms with Crippen molar-refractivity contribution in [3.8, 4) is 11.5 Å². The second kappa shape index (κ2) is 10.3. The number of ether oxygens (including phenoxy) is 4. The monoisotopic (exact) mass is 403 g/mol. The highest BCUT2D eigenvalue weighted by atomic mass is 16.6. The number of hydrogen-bond donors (Lipinski definition) is 0. The number of methoxy groups -OCH3 is 2. The summed E-state index contributed by atoms with van der Waals surface area (Å²) >= 11 is 0. The van der Waals surface area contributed by atoms with Crippen LogP contribution < -0.4 is 9.47 Å². The molecule has 0 saturated heterocycles. The maximum Gasteiger partial charge on any atom is 0.344 e. The molecule has 0 unspecified atom stereocenters. The summed E-state index contributed by atoms with van der Waals surface area (Å²) in [6, 6.07) is 8.63. The van der Waals surface area contributed by atoms with Crippen molar-refractivity contribution < 1.29 is 33.3 Å². The third kappa shape index (κ3) is 5.84. The lowest BCUT2D eigenvalue weighted by molar-refractivity contribution is -0.145. The van der Waals surface area contributed by atoms with E-state index < -0.39 is 12.6 Å². The first-order valence-corrected chi connectivity index (χ1v) is 9.05. The van der Waals surface area contributed by atoms with Crippen LogP contribution in [0.1, 0.15) is 28.2 Å². The van der Waals surface area contributed by atoms with Gasteiger partial charge in [-0.3, -0.25) is 9.59 Å². The van der Waals surface area contributed by atoms with Crippen molar-refractivity contribution >= 4 is 17.7 Å². The molecular formula is C21H25NO7. The van der Waals surface area contributed by atoms with Gasteiger partial charge in [0.25, 0.3) is 0 Å². The maximum atomic E-state index is 12.5. The first-order chi connectivity index (χ1) is 13.9. The number of aryl methyl sites for hydroxylation is 1. The van der Waals surface area contributed by atoms with E-state index in [1.807, 2.05) is 11.5 Å². The molecule has 0 saturated carbocycles. The fourth-order valence-corrected chi connectivity index (χ4v) is 2.87. The van der Waals surface area contributed by atoms with Crippen LogP contribution in [0.25, 0.3) is 0 Å². The molecule has 156 valence electrons. The van der Waals surface area contributed by atoms with Crippen molar-refractivity contribution in [3.63, 3.8) is 0 Å². The normalized spacial score (nSPS) is 10.3. The molecule has 8 heteroatoms. The Hall–Kier alpha value is -3.29. The Morgan fingerprint density at radius 2 is 1.66 bits per heavy atom. The summed E-state index contributed by atoms with van der Waals surface area (Å²) in [4.78, 5) is 35.7. The van der Waals surface area contributed by atoms with E-state index >= 15 is 0 Å². The van der Waals surface area contributed by atoms with Crippen molar-refractivity contribution in [1.82, 2.24) is 4.57 Å². The lowest BCUT2D eigenvalue weighted by Gasteiger charge is -2.10. The van der Waals surface area contributed by atoms with Crippen LogP contribution in [0.5, 0.6) is 11.5 Å². The van der Waals surface area contributed by atoms with E-state index in [0.717, 1.165) is 5.69 Å². The maximum absolute atomic E-state index is 12.5. The van der Waals surface area contributed by atoms with Gasteiger partial charge in [-0.15, -0.1) is 0 Å². The van der Waals surface area contributed by atoms with Gasteiger partial charge in [0.15, 0.2) is 24.7 Å². The van der Waals surface area contributed by atoms with Gasteiger partial charge in [-0.1, -0.05) is 12.1 Å². The molecule has 0 amide bonds.